The Morgan fingerprint density at radius 3 is 2.50 bits per heavy atom. The second kappa shape index (κ2) is 7.26. The first kappa shape index (κ1) is 14.8. The molecule has 0 saturated heterocycles. The molecule has 5 heteroatoms. The van der Waals surface area contributed by atoms with Gasteiger partial charge in [-0.05, 0) is 37.0 Å². The van der Waals surface area contributed by atoms with Crippen LogP contribution in [0.25, 0.3) is 0 Å². The van der Waals surface area contributed by atoms with E-state index in [9.17, 15) is 13.2 Å². The number of hydrogen-bond acceptors (Lipinski definition) is 2. The summed E-state index contributed by atoms with van der Waals surface area (Å²) in [7, 11) is 0. The number of halogens is 3. The van der Waals surface area contributed by atoms with E-state index in [4.69, 9.17) is 10.5 Å². The van der Waals surface area contributed by atoms with Crippen molar-refractivity contribution < 1.29 is 17.9 Å². The van der Waals surface area contributed by atoms with E-state index in [0.29, 0.717) is 6.61 Å². The van der Waals surface area contributed by atoms with E-state index in [0.717, 1.165) is 24.1 Å². The van der Waals surface area contributed by atoms with Gasteiger partial charge in [0, 0.05) is 25.3 Å². The van der Waals surface area contributed by atoms with E-state index >= 15 is 0 Å². The molecule has 1 aromatic rings. The summed E-state index contributed by atoms with van der Waals surface area (Å²) in [5, 5.41) is 0. The summed E-state index contributed by atoms with van der Waals surface area (Å²) in [6.07, 6.45) is -3.21. The van der Waals surface area contributed by atoms with Gasteiger partial charge >= 0.3 is 6.18 Å². The summed E-state index contributed by atoms with van der Waals surface area (Å²) in [6.45, 7) is 0.642. The molecule has 1 aromatic carbocycles. The third-order valence-corrected chi connectivity index (χ3v) is 2.45. The second-order valence-electron chi connectivity index (χ2n) is 4.18. The van der Waals surface area contributed by atoms with Gasteiger partial charge < -0.3 is 10.5 Å². The van der Waals surface area contributed by atoms with Crippen molar-refractivity contribution in [3.63, 3.8) is 0 Å². The molecular weight excluding hydrogens is 243 g/mol. The fraction of sp³-hybridized carbons (Fsp3) is 0.538. The highest BCUT2D eigenvalue weighted by Gasteiger charge is 2.25. The molecule has 0 radical (unpaired) electrons. The van der Waals surface area contributed by atoms with Gasteiger partial charge in [0.05, 0.1) is 0 Å². The van der Waals surface area contributed by atoms with Crippen LogP contribution < -0.4 is 5.73 Å². The van der Waals surface area contributed by atoms with Gasteiger partial charge in [0.1, 0.15) is 0 Å². The first-order valence-electron chi connectivity index (χ1n) is 5.96. The minimum Gasteiger partial charge on any atom is -0.399 e. The Hall–Kier alpha value is -1.23. The maximum absolute atomic E-state index is 11.8. The van der Waals surface area contributed by atoms with E-state index in [2.05, 4.69) is 0 Å². The summed E-state index contributed by atoms with van der Waals surface area (Å²) in [5.74, 6) is 0. The minimum absolute atomic E-state index is 0.0295. The molecule has 0 spiro atoms. The zero-order chi connectivity index (χ0) is 13.4. The first-order chi connectivity index (χ1) is 8.47. The highest BCUT2D eigenvalue weighted by Crippen LogP contribution is 2.21. The summed E-state index contributed by atoms with van der Waals surface area (Å²) in [6, 6.07) is 7.57. The van der Waals surface area contributed by atoms with Crippen molar-refractivity contribution in [1.82, 2.24) is 0 Å². The summed E-state index contributed by atoms with van der Waals surface area (Å²) >= 11 is 0. The van der Waals surface area contributed by atoms with Crippen molar-refractivity contribution in [2.24, 2.45) is 0 Å². The molecule has 0 atom stereocenters. The Bertz CT molecular complexity index is 352. The molecule has 2 N–H and O–H groups in total. The average molecular weight is 261 g/mol. The Morgan fingerprint density at radius 1 is 1.11 bits per heavy atom. The topological polar surface area (TPSA) is 35.2 Å². The fourth-order valence-electron chi connectivity index (χ4n) is 1.60. The Morgan fingerprint density at radius 2 is 1.83 bits per heavy atom. The van der Waals surface area contributed by atoms with Gasteiger partial charge in [0.15, 0.2) is 0 Å². The third-order valence-electron chi connectivity index (χ3n) is 2.45. The quantitative estimate of drug-likeness (QED) is 0.601. The van der Waals surface area contributed by atoms with Crippen molar-refractivity contribution >= 4 is 5.69 Å². The number of hydrogen-bond donors (Lipinski definition) is 1. The Balaban J connectivity index is 2.02. The van der Waals surface area contributed by atoms with E-state index in [1.54, 1.807) is 0 Å². The van der Waals surface area contributed by atoms with Crippen molar-refractivity contribution in [2.75, 3.05) is 18.9 Å². The van der Waals surface area contributed by atoms with Crippen LogP contribution >= 0.6 is 0 Å². The Kier molecular flexibility index (Phi) is 5.98. The lowest BCUT2D eigenvalue weighted by atomic mass is 10.1. The molecule has 0 heterocycles. The van der Waals surface area contributed by atoms with Crippen LogP contribution in [0.1, 0.15) is 24.8 Å². The average Bonchev–Trinajstić information content (AvgIpc) is 2.26. The zero-order valence-corrected chi connectivity index (χ0v) is 10.2. The number of nitrogen functional groups attached to an aromatic ring is 1. The number of benzene rings is 1. The van der Waals surface area contributed by atoms with Crippen LogP contribution in [-0.4, -0.2) is 19.4 Å². The molecule has 0 amide bonds. The van der Waals surface area contributed by atoms with E-state index in [1.807, 2.05) is 24.3 Å². The van der Waals surface area contributed by atoms with E-state index in [-0.39, 0.29) is 13.0 Å². The standard InChI is InChI=1S/C13H18F3NO/c14-13(15,16)7-3-9-18-8-2-5-11-4-1-6-12(17)10-11/h1,4,6,10H,2-3,5,7-9,17H2. The third kappa shape index (κ3) is 7.17. The van der Waals surface area contributed by atoms with Crippen LogP contribution in [0.4, 0.5) is 18.9 Å². The molecule has 0 unspecified atom stereocenters. The van der Waals surface area contributed by atoms with Crippen LogP contribution in [0, 0.1) is 0 Å². The molecule has 2 nitrogen and oxygen atoms in total. The minimum atomic E-state index is -4.08. The highest BCUT2D eigenvalue weighted by atomic mass is 19.4. The molecule has 0 aromatic heterocycles. The van der Waals surface area contributed by atoms with Crippen LogP contribution in [0.15, 0.2) is 24.3 Å². The van der Waals surface area contributed by atoms with Gasteiger partial charge in [-0.2, -0.15) is 13.2 Å². The van der Waals surface area contributed by atoms with Crippen molar-refractivity contribution in [2.45, 2.75) is 31.9 Å². The van der Waals surface area contributed by atoms with Gasteiger partial charge in [-0.3, -0.25) is 0 Å². The molecule has 0 aliphatic heterocycles. The molecule has 0 saturated carbocycles. The Labute approximate surface area is 105 Å². The SMILES string of the molecule is Nc1cccc(CCCOCCCC(F)(F)F)c1. The smallest absolute Gasteiger partial charge is 0.389 e. The van der Waals surface area contributed by atoms with Crippen molar-refractivity contribution in [3.05, 3.63) is 29.8 Å². The molecule has 0 aliphatic rings. The number of anilines is 1. The van der Waals surface area contributed by atoms with Gasteiger partial charge in [0.2, 0.25) is 0 Å². The van der Waals surface area contributed by atoms with Crippen LogP contribution in [0.2, 0.25) is 0 Å². The molecular formula is C13H18F3NO. The normalized spacial score (nSPS) is 11.7. The van der Waals surface area contributed by atoms with Gasteiger partial charge in [-0.25, -0.2) is 0 Å². The molecule has 0 bridgehead atoms. The fourth-order valence-corrected chi connectivity index (χ4v) is 1.60. The molecule has 0 fully saturated rings. The first-order valence-corrected chi connectivity index (χ1v) is 5.96. The maximum atomic E-state index is 11.8. The largest absolute Gasteiger partial charge is 0.399 e. The monoisotopic (exact) mass is 261 g/mol. The van der Waals surface area contributed by atoms with Crippen LogP contribution in [-0.2, 0) is 11.2 Å². The second-order valence-corrected chi connectivity index (χ2v) is 4.18. The number of nitrogens with two attached hydrogens (primary N) is 1. The van der Waals surface area contributed by atoms with Gasteiger partial charge in [-0.15, -0.1) is 0 Å². The molecule has 102 valence electrons. The van der Waals surface area contributed by atoms with Gasteiger partial charge in [0.25, 0.3) is 0 Å². The summed E-state index contributed by atoms with van der Waals surface area (Å²) < 4.78 is 40.6. The lowest BCUT2D eigenvalue weighted by Crippen LogP contribution is -2.09. The highest BCUT2D eigenvalue weighted by molar-refractivity contribution is 5.40. The lowest BCUT2D eigenvalue weighted by molar-refractivity contribution is -0.137. The molecule has 1 rings (SSSR count). The number of ether oxygens (including phenoxy) is 1. The van der Waals surface area contributed by atoms with Gasteiger partial charge in [-0.1, -0.05) is 12.1 Å². The lowest BCUT2D eigenvalue weighted by Gasteiger charge is -2.07. The maximum Gasteiger partial charge on any atom is 0.389 e. The predicted molar refractivity (Wildman–Crippen MR) is 65.3 cm³/mol. The zero-order valence-electron chi connectivity index (χ0n) is 10.2. The van der Waals surface area contributed by atoms with Crippen molar-refractivity contribution in [1.29, 1.82) is 0 Å². The van der Waals surface area contributed by atoms with Crippen LogP contribution in [0.5, 0.6) is 0 Å². The van der Waals surface area contributed by atoms with Crippen LogP contribution in [0.3, 0.4) is 0 Å². The number of aryl methyl sites for hydroxylation is 1. The number of alkyl halides is 3. The number of rotatable bonds is 7. The molecule has 18 heavy (non-hydrogen) atoms. The summed E-state index contributed by atoms with van der Waals surface area (Å²) in [4.78, 5) is 0. The summed E-state index contributed by atoms with van der Waals surface area (Å²) in [5.41, 5.74) is 7.47. The van der Waals surface area contributed by atoms with E-state index < -0.39 is 12.6 Å². The predicted octanol–water partition coefficient (Wildman–Crippen LogP) is 3.56. The van der Waals surface area contributed by atoms with E-state index in [1.165, 1.54) is 0 Å². The molecule has 0 aliphatic carbocycles. The van der Waals surface area contributed by atoms with Crippen molar-refractivity contribution in [3.8, 4) is 0 Å².